The van der Waals surface area contributed by atoms with Crippen LogP contribution in [-0.2, 0) is 10.0 Å². The van der Waals surface area contributed by atoms with E-state index >= 15 is 0 Å². The first-order valence-corrected chi connectivity index (χ1v) is 8.08. The molecule has 0 fully saturated rings. The number of halogens is 4. The van der Waals surface area contributed by atoms with E-state index in [2.05, 4.69) is 15.9 Å². The number of sulfonamides is 1. The van der Waals surface area contributed by atoms with Gasteiger partial charge in [0, 0.05) is 16.2 Å². The van der Waals surface area contributed by atoms with Crippen LogP contribution in [0, 0.1) is 11.6 Å². The quantitative estimate of drug-likeness (QED) is 0.775. The predicted molar refractivity (Wildman–Crippen MR) is 80.7 cm³/mol. The number of benzene rings is 2. The molecule has 3 N–H and O–H groups in total. The first-order chi connectivity index (χ1) is 9.70. The zero-order valence-electron chi connectivity index (χ0n) is 10.2. The van der Waals surface area contributed by atoms with Crippen LogP contribution in [0.25, 0.3) is 0 Å². The van der Waals surface area contributed by atoms with Crippen LogP contribution in [0.15, 0.2) is 39.7 Å². The molecule has 21 heavy (non-hydrogen) atoms. The van der Waals surface area contributed by atoms with Crippen LogP contribution in [0.3, 0.4) is 0 Å². The lowest BCUT2D eigenvalue weighted by atomic mass is 10.3. The number of rotatable bonds is 3. The lowest BCUT2D eigenvalue weighted by molar-refractivity contribution is 0.583. The number of nitrogens with one attached hydrogen (secondary N) is 1. The molecule has 4 nitrogen and oxygen atoms in total. The molecule has 0 spiro atoms. The van der Waals surface area contributed by atoms with Gasteiger partial charge in [-0.15, -0.1) is 0 Å². The van der Waals surface area contributed by atoms with Crippen molar-refractivity contribution in [2.45, 2.75) is 4.90 Å². The minimum absolute atomic E-state index is 0.150. The van der Waals surface area contributed by atoms with Crippen molar-refractivity contribution in [3.05, 3.63) is 51.5 Å². The Morgan fingerprint density at radius 3 is 2.43 bits per heavy atom. The van der Waals surface area contributed by atoms with Crippen molar-refractivity contribution < 1.29 is 17.2 Å². The van der Waals surface area contributed by atoms with E-state index in [1.54, 1.807) is 0 Å². The lowest BCUT2D eigenvalue weighted by Gasteiger charge is -2.11. The van der Waals surface area contributed by atoms with Gasteiger partial charge in [-0.25, -0.2) is 17.2 Å². The van der Waals surface area contributed by atoms with E-state index in [9.17, 15) is 17.2 Å². The molecule has 0 amide bonds. The maximum atomic E-state index is 13.6. The van der Waals surface area contributed by atoms with Crippen molar-refractivity contribution in [2.75, 3.05) is 10.5 Å². The maximum absolute atomic E-state index is 13.6. The van der Waals surface area contributed by atoms with Gasteiger partial charge in [-0.05, 0) is 40.2 Å². The second-order valence-corrected chi connectivity index (χ2v) is 6.98. The Hall–Kier alpha value is -1.38. The maximum Gasteiger partial charge on any atom is 0.262 e. The van der Waals surface area contributed by atoms with E-state index in [1.807, 2.05) is 4.72 Å². The van der Waals surface area contributed by atoms with Gasteiger partial charge in [-0.3, -0.25) is 4.72 Å². The second-order valence-electron chi connectivity index (χ2n) is 4.03. The highest BCUT2D eigenvalue weighted by Crippen LogP contribution is 2.30. The highest BCUT2D eigenvalue weighted by atomic mass is 79.9. The summed E-state index contributed by atoms with van der Waals surface area (Å²) in [5.41, 5.74) is 5.39. The van der Waals surface area contributed by atoms with Gasteiger partial charge in [-0.2, -0.15) is 0 Å². The first kappa shape index (κ1) is 16.0. The zero-order valence-corrected chi connectivity index (χ0v) is 13.4. The summed E-state index contributed by atoms with van der Waals surface area (Å²) in [7, 11) is -4.09. The summed E-state index contributed by atoms with van der Waals surface area (Å²) < 4.78 is 53.2. The van der Waals surface area contributed by atoms with Gasteiger partial charge in [0.15, 0.2) is 5.82 Å². The third kappa shape index (κ3) is 3.45. The molecule has 0 atom stereocenters. The van der Waals surface area contributed by atoms with Gasteiger partial charge in [0.1, 0.15) is 11.5 Å². The summed E-state index contributed by atoms with van der Waals surface area (Å²) in [6.45, 7) is 0. The largest absolute Gasteiger partial charge is 0.398 e. The molecule has 0 saturated carbocycles. The van der Waals surface area contributed by atoms with Gasteiger partial charge in [-0.1, -0.05) is 11.6 Å². The SMILES string of the molecule is Nc1ccc(S(=O)(=O)Nc2c(F)cc(F)cc2Cl)cc1Br. The molecular formula is C12H8BrClF2N2O2S. The topological polar surface area (TPSA) is 72.2 Å². The number of hydrogen-bond donors (Lipinski definition) is 2. The van der Waals surface area contributed by atoms with Crippen LogP contribution in [-0.4, -0.2) is 8.42 Å². The normalized spacial score (nSPS) is 11.4. The van der Waals surface area contributed by atoms with Gasteiger partial charge in [0.25, 0.3) is 10.0 Å². The summed E-state index contributed by atoms with van der Waals surface area (Å²) in [5.74, 6) is -2.02. The molecule has 0 saturated heterocycles. The van der Waals surface area contributed by atoms with Gasteiger partial charge in [0.05, 0.1) is 9.92 Å². The molecule has 0 aliphatic carbocycles. The molecule has 0 aliphatic rings. The molecule has 0 bridgehead atoms. The smallest absolute Gasteiger partial charge is 0.262 e. The summed E-state index contributed by atoms with van der Waals surface area (Å²) in [6, 6.07) is 5.22. The molecule has 2 aromatic rings. The fourth-order valence-electron chi connectivity index (χ4n) is 1.51. The Morgan fingerprint density at radius 1 is 1.19 bits per heavy atom. The minimum Gasteiger partial charge on any atom is -0.398 e. The van der Waals surface area contributed by atoms with Crippen molar-refractivity contribution >= 4 is 48.9 Å². The molecule has 0 aromatic heterocycles. The summed E-state index contributed by atoms with van der Waals surface area (Å²) in [5, 5.41) is -0.384. The van der Waals surface area contributed by atoms with Crippen molar-refractivity contribution in [3.8, 4) is 0 Å². The first-order valence-electron chi connectivity index (χ1n) is 5.43. The van der Waals surface area contributed by atoms with Gasteiger partial charge in [0.2, 0.25) is 0 Å². The van der Waals surface area contributed by atoms with Crippen LogP contribution >= 0.6 is 27.5 Å². The fourth-order valence-corrected chi connectivity index (χ4v) is 3.45. The van der Waals surface area contributed by atoms with E-state index in [4.69, 9.17) is 17.3 Å². The zero-order chi connectivity index (χ0) is 15.8. The average Bonchev–Trinajstić information content (AvgIpc) is 2.37. The molecular weight excluding hydrogens is 390 g/mol. The molecule has 0 radical (unpaired) electrons. The monoisotopic (exact) mass is 396 g/mol. The molecule has 9 heteroatoms. The standard InChI is InChI=1S/C12H8BrClF2N2O2S/c13-8-5-7(1-2-11(8)17)21(19,20)18-12-9(14)3-6(15)4-10(12)16/h1-5,18H,17H2. The van der Waals surface area contributed by atoms with E-state index < -0.39 is 27.3 Å². The molecule has 2 rings (SSSR count). The Bertz CT molecular complexity index is 792. The second kappa shape index (κ2) is 5.78. The fraction of sp³-hybridized carbons (Fsp3) is 0. The minimum atomic E-state index is -4.09. The Labute approximate surface area is 133 Å². The lowest BCUT2D eigenvalue weighted by Crippen LogP contribution is -2.14. The van der Waals surface area contributed by atoms with Crippen LogP contribution in [0.1, 0.15) is 0 Å². The molecule has 0 unspecified atom stereocenters. The van der Waals surface area contributed by atoms with Gasteiger partial charge >= 0.3 is 0 Å². The Morgan fingerprint density at radius 2 is 1.86 bits per heavy atom. The number of nitrogen functional groups attached to an aromatic ring is 1. The van der Waals surface area contributed by atoms with Crippen LogP contribution < -0.4 is 10.5 Å². The summed E-state index contributed by atoms with van der Waals surface area (Å²) in [4.78, 5) is -0.150. The van der Waals surface area contributed by atoms with Crippen molar-refractivity contribution in [2.24, 2.45) is 0 Å². The number of anilines is 2. The van der Waals surface area contributed by atoms with Crippen molar-refractivity contribution in [1.82, 2.24) is 0 Å². The van der Waals surface area contributed by atoms with E-state index in [1.165, 1.54) is 18.2 Å². The van der Waals surface area contributed by atoms with Crippen LogP contribution in [0.4, 0.5) is 20.2 Å². The molecule has 0 heterocycles. The van der Waals surface area contributed by atoms with E-state index in [0.717, 1.165) is 6.07 Å². The Kier molecular flexibility index (Phi) is 4.40. The predicted octanol–water partition coefficient (Wildman–Crippen LogP) is 3.76. The third-order valence-corrected chi connectivity index (χ3v) is 4.86. The van der Waals surface area contributed by atoms with Gasteiger partial charge < -0.3 is 5.73 Å². The number of hydrogen-bond acceptors (Lipinski definition) is 3. The third-order valence-electron chi connectivity index (χ3n) is 2.53. The highest BCUT2D eigenvalue weighted by Gasteiger charge is 2.20. The van der Waals surface area contributed by atoms with Crippen molar-refractivity contribution in [3.63, 3.8) is 0 Å². The summed E-state index contributed by atoms with van der Waals surface area (Å²) >= 11 is 8.74. The van der Waals surface area contributed by atoms with Crippen molar-refractivity contribution in [1.29, 1.82) is 0 Å². The average molecular weight is 398 g/mol. The molecule has 2 aromatic carbocycles. The summed E-state index contributed by atoms with van der Waals surface area (Å²) in [6.07, 6.45) is 0. The highest BCUT2D eigenvalue weighted by molar-refractivity contribution is 9.10. The number of nitrogens with two attached hydrogens (primary N) is 1. The molecule has 0 aliphatic heterocycles. The Balaban J connectivity index is 2.44. The van der Waals surface area contributed by atoms with E-state index in [0.29, 0.717) is 16.2 Å². The molecule has 112 valence electrons. The van der Waals surface area contributed by atoms with E-state index in [-0.39, 0.29) is 9.92 Å². The van der Waals surface area contributed by atoms with Crippen LogP contribution in [0.5, 0.6) is 0 Å². The van der Waals surface area contributed by atoms with Crippen LogP contribution in [0.2, 0.25) is 5.02 Å².